The van der Waals surface area contributed by atoms with E-state index in [4.69, 9.17) is 5.73 Å². The zero-order chi connectivity index (χ0) is 9.97. The fraction of sp³-hybridized carbons (Fsp3) is 0.333. The van der Waals surface area contributed by atoms with E-state index in [1.54, 1.807) is 0 Å². The monoisotopic (exact) mass is 188 g/mol. The van der Waals surface area contributed by atoms with E-state index in [0.29, 0.717) is 0 Å². The highest BCUT2D eigenvalue weighted by atomic mass is 14.7. The molecule has 3 N–H and O–H groups in total. The van der Waals surface area contributed by atoms with Gasteiger partial charge >= 0.3 is 0 Å². The van der Waals surface area contributed by atoms with Gasteiger partial charge in [-0.15, -0.1) is 0 Å². The first-order chi connectivity index (χ1) is 6.81. The molecule has 0 saturated carbocycles. The molecule has 1 aromatic carbocycles. The Kier molecular flexibility index (Phi) is 2.44. The summed E-state index contributed by atoms with van der Waals surface area (Å²) in [5, 5.41) is 1.28. The molecule has 0 bridgehead atoms. The van der Waals surface area contributed by atoms with Gasteiger partial charge in [-0.25, -0.2) is 0 Å². The van der Waals surface area contributed by atoms with Crippen molar-refractivity contribution in [2.24, 2.45) is 0 Å². The van der Waals surface area contributed by atoms with Crippen LogP contribution >= 0.6 is 0 Å². The second kappa shape index (κ2) is 3.74. The molecule has 0 aliphatic rings. The fourth-order valence-electron chi connectivity index (χ4n) is 1.77. The predicted molar refractivity (Wildman–Crippen MR) is 61.3 cm³/mol. The lowest BCUT2D eigenvalue weighted by molar-refractivity contribution is 0.799. The van der Waals surface area contributed by atoms with Gasteiger partial charge in [0.2, 0.25) is 0 Å². The Bertz CT molecular complexity index is 429. The molecule has 1 aromatic heterocycles. The van der Waals surface area contributed by atoms with E-state index in [9.17, 15) is 0 Å². The molecule has 2 rings (SSSR count). The van der Waals surface area contributed by atoms with Gasteiger partial charge in [-0.1, -0.05) is 13.3 Å². The third-order valence-electron chi connectivity index (χ3n) is 2.59. The third-order valence-corrected chi connectivity index (χ3v) is 2.59. The van der Waals surface area contributed by atoms with Crippen LogP contribution in [0.4, 0.5) is 5.69 Å². The summed E-state index contributed by atoms with van der Waals surface area (Å²) in [5.74, 6) is 0. The van der Waals surface area contributed by atoms with Gasteiger partial charge < -0.3 is 10.7 Å². The quantitative estimate of drug-likeness (QED) is 0.714. The van der Waals surface area contributed by atoms with E-state index in [-0.39, 0.29) is 0 Å². The van der Waals surface area contributed by atoms with Crippen LogP contribution in [0.3, 0.4) is 0 Å². The summed E-state index contributed by atoms with van der Waals surface area (Å²) in [5.41, 5.74) is 9.18. The molecule has 2 heteroatoms. The molecule has 0 spiro atoms. The Hall–Kier alpha value is -1.44. The number of aromatic amines is 1. The van der Waals surface area contributed by atoms with Crippen molar-refractivity contribution in [3.05, 3.63) is 30.0 Å². The van der Waals surface area contributed by atoms with Gasteiger partial charge in [0.1, 0.15) is 0 Å². The second-order valence-electron chi connectivity index (χ2n) is 3.72. The maximum Gasteiger partial charge on any atom is 0.0458 e. The van der Waals surface area contributed by atoms with Crippen molar-refractivity contribution in [2.75, 3.05) is 5.73 Å². The lowest BCUT2D eigenvalue weighted by atomic mass is 10.1. The van der Waals surface area contributed by atoms with Gasteiger partial charge in [-0.2, -0.15) is 0 Å². The number of nitrogens with two attached hydrogens (primary N) is 1. The molecule has 0 aliphatic heterocycles. The minimum Gasteiger partial charge on any atom is -0.399 e. The summed E-state index contributed by atoms with van der Waals surface area (Å²) in [6.45, 7) is 2.21. The maximum atomic E-state index is 5.77. The fourth-order valence-corrected chi connectivity index (χ4v) is 1.77. The molecule has 0 atom stereocenters. The normalized spacial score (nSPS) is 10.9. The van der Waals surface area contributed by atoms with E-state index < -0.39 is 0 Å². The molecular formula is C12H16N2. The SMILES string of the molecule is CCCCc1c[nH]c2ccc(N)cc12. The zero-order valence-electron chi connectivity index (χ0n) is 8.51. The molecule has 0 unspecified atom stereocenters. The zero-order valence-corrected chi connectivity index (χ0v) is 8.51. The Labute approximate surface area is 84.1 Å². The van der Waals surface area contributed by atoms with Gasteiger partial charge in [0, 0.05) is 22.8 Å². The van der Waals surface area contributed by atoms with Crippen LogP contribution in [-0.4, -0.2) is 4.98 Å². The Morgan fingerprint density at radius 2 is 2.21 bits per heavy atom. The molecule has 0 fully saturated rings. The van der Waals surface area contributed by atoms with Crippen molar-refractivity contribution in [2.45, 2.75) is 26.2 Å². The van der Waals surface area contributed by atoms with E-state index in [1.165, 1.54) is 29.3 Å². The van der Waals surface area contributed by atoms with Crippen molar-refractivity contribution in [3.63, 3.8) is 0 Å². The van der Waals surface area contributed by atoms with Gasteiger partial charge in [-0.3, -0.25) is 0 Å². The minimum atomic E-state index is 0.842. The molecule has 0 radical (unpaired) electrons. The second-order valence-corrected chi connectivity index (χ2v) is 3.72. The number of aryl methyl sites for hydroxylation is 1. The van der Waals surface area contributed by atoms with E-state index in [1.807, 2.05) is 12.1 Å². The van der Waals surface area contributed by atoms with Crippen LogP contribution in [0, 0.1) is 0 Å². The van der Waals surface area contributed by atoms with Gasteiger partial charge in [0.05, 0.1) is 0 Å². The summed E-state index contributed by atoms with van der Waals surface area (Å²) in [7, 11) is 0. The number of rotatable bonds is 3. The highest BCUT2D eigenvalue weighted by Gasteiger charge is 2.02. The molecule has 74 valence electrons. The van der Waals surface area contributed by atoms with Gasteiger partial charge in [0.15, 0.2) is 0 Å². The largest absolute Gasteiger partial charge is 0.399 e. The van der Waals surface area contributed by atoms with Gasteiger partial charge in [0.25, 0.3) is 0 Å². The van der Waals surface area contributed by atoms with Crippen molar-refractivity contribution >= 4 is 16.6 Å². The van der Waals surface area contributed by atoms with Crippen molar-refractivity contribution in [3.8, 4) is 0 Å². The van der Waals surface area contributed by atoms with Crippen LogP contribution in [0.25, 0.3) is 10.9 Å². The number of nitrogen functional groups attached to an aromatic ring is 1. The lowest BCUT2D eigenvalue weighted by Crippen LogP contribution is -1.85. The van der Waals surface area contributed by atoms with E-state index in [0.717, 1.165) is 12.1 Å². The number of hydrogen-bond donors (Lipinski definition) is 2. The molecule has 0 saturated heterocycles. The molecule has 2 nitrogen and oxygen atoms in total. The van der Waals surface area contributed by atoms with Crippen molar-refractivity contribution < 1.29 is 0 Å². The van der Waals surface area contributed by atoms with Crippen LogP contribution in [-0.2, 0) is 6.42 Å². The Morgan fingerprint density at radius 3 is 3.00 bits per heavy atom. The third kappa shape index (κ3) is 1.60. The average Bonchev–Trinajstić information content (AvgIpc) is 2.57. The first kappa shape index (κ1) is 9.13. The van der Waals surface area contributed by atoms with Crippen LogP contribution < -0.4 is 5.73 Å². The van der Waals surface area contributed by atoms with E-state index in [2.05, 4.69) is 24.2 Å². The summed E-state index contributed by atoms with van der Waals surface area (Å²) in [6.07, 6.45) is 5.70. The van der Waals surface area contributed by atoms with Crippen LogP contribution in [0.5, 0.6) is 0 Å². The lowest BCUT2D eigenvalue weighted by Gasteiger charge is -1.98. The highest BCUT2D eigenvalue weighted by molar-refractivity contribution is 5.86. The van der Waals surface area contributed by atoms with Crippen molar-refractivity contribution in [1.82, 2.24) is 4.98 Å². The Balaban J connectivity index is 2.40. The number of fused-ring (bicyclic) bond motifs is 1. The summed E-state index contributed by atoms with van der Waals surface area (Å²) in [4.78, 5) is 3.27. The average molecular weight is 188 g/mol. The van der Waals surface area contributed by atoms with Crippen LogP contribution in [0.15, 0.2) is 24.4 Å². The van der Waals surface area contributed by atoms with Crippen LogP contribution in [0.1, 0.15) is 25.3 Å². The number of hydrogen-bond acceptors (Lipinski definition) is 1. The number of H-pyrrole nitrogens is 1. The van der Waals surface area contributed by atoms with E-state index >= 15 is 0 Å². The molecule has 14 heavy (non-hydrogen) atoms. The maximum absolute atomic E-state index is 5.77. The molecule has 1 heterocycles. The first-order valence-electron chi connectivity index (χ1n) is 5.16. The summed E-state index contributed by atoms with van der Waals surface area (Å²) >= 11 is 0. The first-order valence-corrected chi connectivity index (χ1v) is 5.16. The standard InChI is InChI=1S/C12H16N2/c1-2-3-4-9-8-14-12-6-5-10(13)7-11(9)12/h5-8,14H,2-4,13H2,1H3. The summed E-state index contributed by atoms with van der Waals surface area (Å²) < 4.78 is 0. The number of nitrogens with one attached hydrogen (secondary N) is 1. The van der Waals surface area contributed by atoms with Gasteiger partial charge in [-0.05, 0) is 36.6 Å². The van der Waals surface area contributed by atoms with Crippen molar-refractivity contribution in [1.29, 1.82) is 0 Å². The van der Waals surface area contributed by atoms with Crippen LogP contribution in [0.2, 0.25) is 0 Å². The molecule has 0 amide bonds. The number of aromatic nitrogens is 1. The molecular weight excluding hydrogens is 172 g/mol. The minimum absolute atomic E-state index is 0.842. The smallest absolute Gasteiger partial charge is 0.0458 e. The Morgan fingerprint density at radius 1 is 1.36 bits per heavy atom. The number of unbranched alkanes of at least 4 members (excludes halogenated alkanes) is 1. The molecule has 2 aromatic rings. The summed E-state index contributed by atoms with van der Waals surface area (Å²) in [6, 6.07) is 6.03. The topological polar surface area (TPSA) is 41.8 Å². The highest BCUT2D eigenvalue weighted by Crippen LogP contribution is 2.22. The number of anilines is 1. The molecule has 0 aliphatic carbocycles. The predicted octanol–water partition coefficient (Wildman–Crippen LogP) is 3.09. The number of benzene rings is 1.